The van der Waals surface area contributed by atoms with E-state index in [1.807, 2.05) is 54.6 Å². The number of carbonyl (C=O) groups excluding carboxylic acids is 2. The van der Waals surface area contributed by atoms with Crippen LogP contribution in [-0.2, 0) is 20.8 Å². The van der Waals surface area contributed by atoms with Crippen LogP contribution >= 0.6 is 0 Å². The molecule has 3 N–H and O–H groups in total. The quantitative estimate of drug-likeness (QED) is 0.176. The van der Waals surface area contributed by atoms with Gasteiger partial charge in [-0.1, -0.05) is 48.5 Å². The van der Waals surface area contributed by atoms with Crippen LogP contribution in [0.4, 0.5) is 0 Å². The first-order valence-corrected chi connectivity index (χ1v) is 17.1. The number of fused-ring (bicyclic) bond motifs is 3. The van der Waals surface area contributed by atoms with Crippen molar-refractivity contribution >= 4 is 30.6 Å². The number of phenolic OH excluding ortho intramolecular Hbond substituents is 1. The van der Waals surface area contributed by atoms with Gasteiger partial charge in [-0.25, -0.2) is 0 Å². The van der Waals surface area contributed by atoms with Crippen LogP contribution in [0.1, 0.15) is 48.9 Å². The molecule has 2 aromatic carbocycles. The molecule has 0 saturated carbocycles. The fourth-order valence-corrected chi connectivity index (χ4v) is 8.36. The van der Waals surface area contributed by atoms with Crippen molar-refractivity contribution < 1.29 is 29.5 Å². The molecule has 0 spiro atoms. The maximum atomic E-state index is 14.2. The summed E-state index contributed by atoms with van der Waals surface area (Å²) < 4.78 is 6.14. The molecule has 4 atom stereocenters. The van der Waals surface area contributed by atoms with Crippen LogP contribution in [0.15, 0.2) is 90.1 Å². The number of aliphatic hydroxyl groups excluding tert-OH is 1. The van der Waals surface area contributed by atoms with Crippen LogP contribution in [0.25, 0.3) is 11.6 Å². The zero-order valence-corrected chi connectivity index (χ0v) is 27.0. The van der Waals surface area contributed by atoms with E-state index in [4.69, 9.17) is 4.65 Å². The maximum absolute atomic E-state index is 14.2. The molecule has 3 aromatic rings. The van der Waals surface area contributed by atoms with E-state index in [0.29, 0.717) is 19.3 Å². The van der Waals surface area contributed by atoms with Crippen LogP contribution in [0, 0.1) is 17.8 Å². The van der Waals surface area contributed by atoms with E-state index in [0.717, 1.165) is 60.5 Å². The van der Waals surface area contributed by atoms with Gasteiger partial charge in [0.2, 0.25) is 11.8 Å². The molecule has 2 amide bonds. The molecule has 0 bridgehead atoms. The minimum Gasteiger partial charge on any atom is -0.508 e. The van der Waals surface area contributed by atoms with Crippen molar-refractivity contribution in [2.45, 2.75) is 57.1 Å². The highest BCUT2D eigenvalue weighted by molar-refractivity contribution is 6.43. The highest BCUT2D eigenvalue weighted by atomic mass is 16.5. The number of rotatable bonds is 9. The molecule has 3 saturated heterocycles. The number of likely N-dealkylation sites (tertiary alicyclic amines) is 2. The highest BCUT2D eigenvalue weighted by Gasteiger charge is 2.58. The third-order valence-corrected chi connectivity index (χ3v) is 10.6. The molecule has 1 aliphatic carbocycles. The zero-order chi connectivity index (χ0) is 33.2. The van der Waals surface area contributed by atoms with E-state index in [9.17, 15) is 24.8 Å². The predicted molar refractivity (Wildman–Crippen MR) is 183 cm³/mol. The molecule has 48 heavy (non-hydrogen) atoms. The van der Waals surface area contributed by atoms with E-state index in [-0.39, 0.29) is 42.5 Å². The van der Waals surface area contributed by atoms with Gasteiger partial charge in [-0.05, 0) is 103 Å². The smallest absolute Gasteiger partial charge is 0.455 e. The summed E-state index contributed by atoms with van der Waals surface area (Å²) in [6.07, 6.45) is 6.31. The molecule has 0 unspecified atom stereocenters. The summed E-state index contributed by atoms with van der Waals surface area (Å²) in [5.41, 5.74) is 5.54. The van der Waals surface area contributed by atoms with Gasteiger partial charge >= 0.3 is 7.12 Å². The third kappa shape index (κ3) is 6.62. The molecule has 1 aromatic heterocycles. The Balaban J connectivity index is 1.09. The van der Waals surface area contributed by atoms with Gasteiger partial charge in [0.15, 0.2) is 0 Å². The molecule has 7 rings (SSSR count). The Bertz CT molecular complexity index is 1670. The largest absolute Gasteiger partial charge is 0.508 e. The van der Waals surface area contributed by atoms with E-state index in [1.54, 1.807) is 23.2 Å². The molecule has 0 radical (unpaired) electrons. The number of allylic oxidation sites excluding steroid dienone is 1. The summed E-state index contributed by atoms with van der Waals surface area (Å²) >= 11 is 0. The Morgan fingerprint density at radius 3 is 2.42 bits per heavy atom. The first-order valence-electron chi connectivity index (χ1n) is 17.1. The second kappa shape index (κ2) is 14.2. The van der Waals surface area contributed by atoms with Gasteiger partial charge in [-0.15, -0.1) is 0 Å². The number of hydrogen-bond acceptors (Lipinski definition) is 8. The fourth-order valence-electron chi connectivity index (χ4n) is 8.36. The van der Waals surface area contributed by atoms with E-state index >= 15 is 0 Å². The average Bonchev–Trinajstić information content (AvgIpc) is 3.36. The number of phenols is 1. The van der Waals surface area contributed by atoms with E-state index in [2.05, 4.69) is 22.0 Å². The van der Waals surface area contributed by atoms with Gasteiger partial charge in [0.1, 0.15) is 5.75 Å². The van der Waals surface area contributed by atoms with E-state index in [1.165, 1.54) is 5.56 Å². The normalized spacial score (nSPS) is 25.4. The number of hydrogen-bond donors (Lipinski definition) is 3. The molecule has 3 fully saturated rings. The van der Waals surface area contributed by atoms with Gasteiger partial charge in [-0.3, -0.25) is 24.4 Å². The van der Waals surface area contributed by atoms with Crippen LogP contribution in [0.3, 0.4) is 0 Å². The number of aliphatic hydroxyl groups is 1. The molecule has 4 heterocycles. The van der Waals surface area contributed by atoms with Crippen molar-refractivity contribution in [3.63, 3.8) is 0 Å². The molecule has 3 aliphatic heterocycles. The summed E-state index contributed by atoms with van der Waals surface area (Å²) in [7, 11) is -1.08. The topological polar surface area (TPSA) is 123 Å². The number of aromatic nitrogens is 1. The number of piperidine rings is 1. The molecule has 248 valence electrons. The Morgan fingerprint density at radius 1 is 0.958 bits per heavy atom. The predicted octanol–water partition coefficient (Wildman–Crippen LogP) is 4.56. The SMILES string of the molecule is O=C1[C@@H]2[C@@H](CC(CO)=C3[C@@H](CC/C(=C/c4ccc(O)cc4)c4ccccn4)OB(O)C[C@@H]32)C(=O)N1C1CCN(Cc2ccccc2)CC1. The number of benzene rings is 2. The molecule has 4 aliphatic rings. The highest BCUT2D eigenvalue weighted by Crippen LogP contribution is 2.51. The van der Waals surface area contributed by atoms with Crippen molar-refractivity contribution in [1.82, 2.24) is 14.8 Å². The molecule has 9 nitrogen and oxygen atoms in total. The Morgan fingerprint density at radius 2 is 1.71 bits per heavy atom. The van der Waals surface area contributed by atoms with Crippen molar-refractivity contribution in [1.29, 1.82) is 0 Å². The summed E-state index contributed by atoms with van der Waals surface area (Å²) in [6, 6.07) is 22.9. The average molecular weight is 648 g/mol. The summed E-state index contributed by atoms with van der Waals surface area (Å²) in [5, 5.41) is 31.3. The van der Waals surface area contributed by atoms with Crippen LogP contribution in [-0.4, -0.2) is 80.8 Å². The number of aromatic hydroxyl groups is 1. The van der Waals surface area contributed by atoms with Gasteiger partial charge in [0.25, 0.3) is 0 Å². The third-order valence-electron chi connectivity index (χ3n) is 10.6. The second-order valence-corrected chi connectivity index (χ2v) is 13.5. The Labute approximate surface area is 281 Å². The Hall–Kier alpha value is -4.09. The standard InChI is InChI=1S/C38H42BN3O6/c43-24-28-21-31-36(38(46)42(37(31)45)29-15-18-41(19-16-29)23-26-6-2-1-3-7-26)32-22-39(47)48-34(35(28)32)14-11-27(33-8-4-5-17-40-33)20-25-9-12-30(44)13-10-25/h1-10,12-13,17,20,29,31-32,34,36,43-44,47H,11,14-16,18-19,21-24H2/b27-20-/t31-,32+,34-,36-/m1/s1. The minimum absolute atomic E-state index is 0.136. The second-order valence-electron chi connectivity index (χ2n) is 13.5. The lowest BCUT2D eigenvalue weighted by atomic mass is 9.58. The monoisotopic (exact) mass is 647 g/mol. The van der Waals surface area contributed by atoms with Gasteiger partial charge in [0, 0.05) is 31.9 Å². The summed E-state index contributed by atoms with van der Waals surface area (Å²) in [6.45, 7) is 2.25. The molecule has 10 heteroatoms. The van der Waals surface area contributed by atoms with Gasteiger partial charge in [0.05, 0.1) is 30.2 Å². The van der Waals surface area contributed by atoms with Crippen LogP contribution in [0.5, 0.6) is 5.75 Å². The molecular weight excluding hydrogens is 605 g/mol. The van der Waals surface area contributed by atoms with Crippen LogP contribution < -0.4 is 0 Å². The van der Waals surface area contributed by atoms with Crippen molar-refractivity contribution in [3.8, 4) is 5.75 Å². The summed E-state index contributed by atoms with van der Waals surface area (Å²) in [5.74, 6) is -1.55. The van der Waals surface area contributed by atoms with Crippen LogP contribution in [0.2, 0.25) is 6.32 Å². The number of carbonyl (C=O) groups is 2. The van der Waals surface area contributed by atoms with Crippen molar-refractivity contribution in [2.75, 3.05) is 19.7 Å². The minimum atomic E-state index is -1.08. The number of imide groups is 1. The van der Waals surface area contributed by atoms with Gasteiger partial charge in [-0.2, -0.15) is 0 Å². The lowest BCUT2D eigenvalue weighted by molar-refractivity contribution is -0.144. The Kier molecular flexibility index (Phi) is 9.59. The number of nitrogens with zero attached hydrogens (tertiary/aromatic N) is 3. The summed E-state index contributed by atoms with van der Waals surface area (Å²) in [4.78, 5) is 36.7. The zero-order valence-electron chi connectivity index (χ0n) is 27.0. The van der Waals surface area contributed by atoms with E-state index < -0.39 is 25.1 Å². The first kappa shape index (κ1) is 32.5. The van der Waals surface area contributed by atoms with Crippen molar-refractivity contribution in [2.24, 2.45) is 17.8 Å². The van der Waals surface area contributed by atoms with Crippen molar-refractivity contribution in [3.05, 3.63) is 107 Å². The lowest BCUT2D eigenvalue weighted by Crippen LogP contribution is -2.48. The first-order chi connectivity index (χ1) is 23.4. The molecular formula is C38H42BN3O6. The number of amides is 2. The number of pyridine rings is 1. The van der Waals surface area contributed by atoms with Gasteiger partial charge < -0.3 is 19.9 Å². The fraction of sp³-hybridized carbons (Fsp3) is 0.395. The lowest BCUT2D eigenvalue weighted by Gasteiger charge is -2.43. The maximum Gasteiger partial charge on any atom is 0.455 e.